The number of rotatable bonds is 3. The van der Waals surface area contributed by atoms with Crippen molar-refractivity contribution in [2.75, 3.05) is 6.54 Å². The van der Waals surface area contributed by atoms with Crippen molar-refractivity contribution in [3.05, 3.63) is 11.1 Å². The lowest BCUT2D eigenvalue weighted by atomic mass is 9.77. The molecule has 0 bridgehead atoms. The number of halogens is 1. The fourth-order valence-electron chi connectivity index (χ4n) is 3.54. The molecule has 1 heterocycles. The molecular weight excluding hydrogens is 288 g/mol. The molecule has 21 heavy (non-hydrogen) atoms. The molecule has 0 aromatic carbocycles. The van der Waals surface area contributed by atoms with E-state index in [1.54, 1.807) is 4.90 Å². The van der Waals surface area contributed by atoms with Gasteiger partial charge in [-0.25, -0.2) is 0 Å². The minimum Gasteiger partial charge on any atom is -0.340 e. The van der Waals surface area contributed by atoms with E-state index in [2.05, 4.69) is 5.32 Å². The summed E-state index contributed by atoms with van der Waals surface area (Å²) in [7, 11) is 0. The molecule has 0 aromatic rings. The summed E-state index contributed by atoms with van der Waals surface area (Å²) in [4.78, 5) is 27.4. The zero-order valence-electron chi connectivity index (χ0n) is 13.1. The Bertz CT molecular complexity index is 453. The number of hydrogen-bond donors (Lipinski definition) is 1. The molecule has 1 saturated heterocycles. The van der Waals surface area contributed by atoms with Gasteiger partial charge in [0.2, 0.25) is 11.8 Å². The Morgan fingerprint density at radius 3 is 2.52 bits per heavy atom. The van der Waals surface area contributed by atoms with Gasteiger partial charge in [-0.1, -0.05) is 44.7 Å². The standard InChI is InChI=1S/C16H25ClN2O2/c1-11(2)13-14(20)18-16(7-5-4-6-8-16)15(21)19(13)10-12(3)9-17/h9,11,13H,4-8,10H2,1-3H3,(H,18,20). The van der Waals surface area contributed by atoms with E-state index in [1.807, 2.05) is 20.8 Å². The molecule has 2 amide bonds. The Morgan fingerprint density at radius 2 is 2.00 bits per heavy atom. The maximum absolute atomic E-state index is 13.1. The fourth-order valence-corrected chi connectivity index (χ4v) is 3.61. The summed E-state index contributed by atoms with van der Waals surface area (Å²) in [6.07, 6.45) is 4.64. The second kappa shape index (κ2) is 6.39. The zero-order valence-corrected chi connectivity index (χ0v) is 13.9. The van der Waals surface area contributed by atoms with Crippen LogP contribution in [-0.2, 0) is 9.59 Å². The predicted molar refractivity (Wildman–Crippen MR) is 83.9 cm³/mol. The summed E-state index contributed by atoms with van der Waals surface area (Å²) in [5.41, 5.74) is 1.72. The number of nitrogens with one attached hydrogen (secondary N) is 1. The molecule has 1 atom stereocenters. The highest BCUT2D eigenvalue weighted by Crippen LogP contribution is 2.34. The third-order valence-corrected chi connectivity index (χ3v) is 4.95. The highest BCUT2D eigenvalue weighted by Gasteiger charge is 2.51. The van der Waals surface area contributed by atoms with Gasteiger partial charge in [0.1, 0.15) is 11.6 Å². The number of nitrogens with zero attached hydrogens (tertiary/aromatic N) is 1. The molecule has 1 aliphatic heterocycles. The predicted octanol–water partition coefficient (Wildman–Crippen LogP) is 2.81. The van der Waals surface area contributed by atoms with Gasteiger partial charge in [-0.3, -0.25) is 9.59 Å². The van der Waals surface area contributed by atoms with Crippen molar-refractivity contribution >= 4 is 23.4 Å². The van der Waals surface area contributed by atoms with Crippen LogP contribution in [0.1, 0.15) is 52.9 Å². The van der Waals surface area contributed by atoms with Gasteiger partial charge in [0.15, 0.2) is 0 Å². The van der Waals surface area contributed by atoms with Crippen LogP contribution in [0, 0.1) is 5.92 Å². The van der Waals surface area contributed by atoms with Crippen LogP contribution in [0.2, 0.25) is 0 Å². The van der Waals surface area contributed by atoms with Crippen LogP contribution >= 0.6 is 11.6 Å². The van der Waals surface area contributed by atoms with E-state index in [9.17, 15) is 9.59 Å². The van der Waals surface area contributed by atoms with Gasteiger partial charge >= 0.3 is 0 Å². The summed E-state index contributed by atoms with van der Waals surface area (Å²) >= 11 is 5.76. The molecule has 118 valence electrons. The van der Waals surface area contributed by atoms with Gasteiger partial charge in [0, 0.05) is 12.1 Å². The van der Waals surface area contributed by atoms with E-state index in [0.29, 0.717) is 6.54 Å². The van der Waals surface area contributed by atoms with Crippen molar-refractivity contribution in [2.45, 2.75) is 64.5 Å². The molecular formula is C16H25ClN2O2. The molecule has 1 unspecified atom stereocenters. The topological polar surface area (TPSA) is 49.4 Å². The fraction of sp³-hybridized carbons (Fsp3) is 0.750. The van der Waals surface area contributed by atoms with Gasteiger partial charge < -0.3 is 10.2 Å². The van der Waals surface area contributed by atoms with Crippen LogP contribution in [0.3, 0.4) is 0 Å². The normalized spacial score (nSPS) is 26.4. The van der Waals surface area contributed by atoms with Crippen molar-refractivity contribution in [3.8, 4) is 0 Å². The van der Waals surface area contributed by atoms with E-state index in [0.717, 1.165) is 37.7 Å². The lowest BCUT2D eigenvalue weighted by molar-refractivity contribution is -0.157. The van der Waals surface area contributed by atoms with Gasteiger partial charge in [-0.15, -0.1) is 0 Å². The molecule has 0 aromatic heterocycles. The summed E-state index contributed by atoms with van der Waals surface area (Å²) < 4.78 is 0. The summed E-state index contributed by atoms with van der Waals surface area (Å²) in [6.45, 7) is 6.27. The van der Waals surface area contributed by atoms with Crippen molar-refractivity contribution in [1.29, 1.82) is 0 Å². The Labute approximate surface area is 131 Å². The molecule has 1 aliphatic carbocycles. The minimum atomic E-state index is -0.673. The van der Waals surface area contributed by atoms with Crippen molar-refractivity contribution < 1.29 is 9.59 Å². The first kappa shape index (κ1) is 16.3. The van der Waals surface area contributed by atoms with E-state index in [4.69, 9.17) is 11.6 Å². The maximum Gasteiger partial charge on any atom is 0.249 e. The first-order valence-electron chi connectivity index (χ1n) is 7.80. The molecule has 0 radical (unpaired) electrons. The number of piperazine rings is 1. The second-order valence-corrected chi connectivity index (χ2v) is 6.93. The number of carbonyl (C=O) groups is 2. The van der Waals surface area contributed by atoms with Crippen LogP contribution in [-0.4, -0.2) is 34.8 Å². The van der Waals surface area contributed by atoms with Gasteiger partial charge in [0.25, 0.3) is 0 Å². The summed E-state index contributed by atoms with van der Waals surface area (Å²) in [5.74, 6) is 0.130. The van der Waals surface area contributed by atoms with Gasteiger partial charge in [-0.2, -0.15) is 0 Å². The molecule has 2 fully saturated rings. The third kappa shape index (κ3) is 3.10. The van der Waals surface area contributed by atoms with Crippen LogP contribution in [0.4, 0.5) is 0 Å². The molecule has 1 saturated carbocycles. The molecule has 5 heteroatoms. The molecule has 2 aliphatic rings. The zero-order chi connectivity index (χ0) is 15.6. The average molecular weight is 313 g/mol. The largest absolute Gasteiger partial charge is 0.340 e. The lowest BCUT2D eigenvalue weighted by Crippen LogP contribution is -2.71. The first-order chi connectivity index (χ1) is 9.91. The SMILES string of the molecule is CC(=CCl)CN1C(=O)C2(CCCCC2)NC(=O)C1C(C)C. The third-order valence-electron chi connectivity index (χ3n) is 4.58. The molecule has 1 N–H and O–H groups in total. The highest BCUT2D eigenvalue weighted by molar-refractivity contribution is 6.25. The molecule has 4 nitrogen and oxygen atoms in total. The van der Waals surface area contributed by atoms with Crippen molar-refractivity contribution in [1.82, 2.24) is 10.2 Å². The number of amides is 2. The lowest BCUT2D eigenvalue weighted by Gasteiger charge is -2.48. The van der Waals surface area contributed by atoms with Crippen molar-refractivity contribution in [2.24, 2.45) is 5.92 Å². The van der Waals surface area contributed by atoms with Gasteiger partial charge in [0.05, 0.1) is 0 Å². The van der Waals surface area contributed by atoms with Crippen molar-refractivity contribution in [3.63, 3.8) is 0 Å². The van der Waals surface area contributed by atoms with E-state index < -0.39 is 11.6 Å². The van der Waals surface area contributed by atoms with E-state index in [1.165, 1.54) is 5.54 Å². The summed E-state index contributed by atoms with van der Waals surface area (Å²) in [6, 6.07) is -0.406. The van der Waals surface area contributed by atoms with Crippen LogP contribution in [0.5, 0.6) is 0 Å². The molecule has 2 rings (SSSR count). The maximum atomic E-state index is 13.1. The smallest absolute Gasteiger partial charge is 0.249 e. The Balaban J connectivity index is 2.33. The van der Waals surface area contributed by atoms with Crippen LogP contribution in [0.25, 0.3) is 0 Å². The molecule has 1 spiro atoms. The summed E-state index contributed by atoms with van der Waals surface area (Å²) in [5, 5.41) is 3.05. The number of carbonyl (C=O) groups excluding carboxylic acids is 2. The second-order valence-electron chi connectivity index (χ2n) is 6.71. The Kier molecular flexibility index (Phi) is 4.97. The Morgan fingerprint density at radius 1 is 1.38 bits per heavy atom. The van der Waals surface area contributed by atoms with Crippen LogP contribution < -0.4 is 5.32 Å². The number of hydrogen-bond acceptors (Lipinski definition) is 2. The average Bonchev–Trinajstić information content (AvgIpc) is 2.44. The van der Waals surface area contributed by atoms with E-state index >= 15 is 0 Å². The van der Waals surface area contributed by atoms with Gasteiger partial charge in [-0.05, 0) is 31.3 Å². The van der Waals surface area contributed by atoms with E-state index in [-0.39, 0.29) is 17.7 Å². The Hall–Kier alpha value is -1.03. The minimum absolute atomic E-state index is 0.0196. The quantitative estimate of drug-likeness (QED) is 0.871. The highest BCUT2D eigenvalue weighted by atomic mass is 35.5. The monoisotopic (exact) mass is 312 g/mol. The first-order valence-corrected chi connectivity index (χ1v) is 8.24. The van der Waals surface area contributed by atoms with Crippen LogP contribution in [0.15, 0.2) is 11.1 Å².